The zero-order chi connectivity index (χ0) is 23.9. The van der Waals surface area contributed by atoms with Crippen molar-refractivity contribution >= 4 is 23.2 Å². The van der Waals surface area contributed by atoms with Crippen LogP contribution < -0.4 is 5.32 Å². The van der Waals surface area contributed by atoms with Gasteiger partial charge in [0.05, 0.1) is 5.69 Å². The second-order valence-corrected chi connectivity index (χ2v) is 10.8. The summed E-state index contributed by atoms with van der Waals surface area (Å²) in [6.07, 6.45) is 7.34. The zero-order valence-corrected chi connectivity index (χ0v) is 21.5. The smallest absolute Gasteiger partial charge is 0.265 e. The van der Waals surface area contributed by atoms with Crippen LogP contribution in [-0.2, 0) is 4.79 Å². The van der Waals surface area contributed by atoms with Crippen molar-refractivity contribution in [2.75, 3.05) is 39.3 Å². The van der Waals surface area contributed by atoms with Gasteiger partial charge in [0.15, 0.2) is 0 Å². The third kappa shape index (κ3) is 6.66. The predicted molar refractivity (Wildman–Crippen MR) is 138 cm³/mol. The number of carbonyl (C=O) groups excluding carboxylic acids is 2. The highest BCUT2D eigenvalue weighted by Crippen LogP contribution is 2.30. The molecule has 2 amide bonds. The van der Waals surface area contributed by atoms with Gasteiger partial charge in [0.2, 0.25) is 5.91 Å². The Kier molecular flexibility index (Phi) is 8.73. The second kappa shape index (κ2) is 11.9. The number of aromatic nitrogens is 1. The molecule has 2 aliphatic heterocycles. The van der Waals surface area contributed by atoms with Gasteiger partial charge in [-0.2, -0.15) is 0 Å². The Balaban J connectivity index is 1.19. The third-order valence-electron chi connectivity index (χ3n) is 7.09. The lowest BCUT2D eigenvalue weighted by Gasteiger charge is -2.31. The van der Waals surface area contributed by atoms with E-state index in [9.17, 15) is 9.59 Å². The van der Waals surface area contributed by atoms with Gasteiger partial charge in [-0.05, 0) is 71.5 Å². The Morgan fingerprint density at radius 2 is 1.74 bits per heavy atom. The number of thiazole rings is 1. The molecular formula is C27H38N4O2S. The van der Waals surface area contributed by atoms with E-state index in [0.717, 1.165) is 53.5 Å². The van der Waals surface area contributed by atoms with E-state index in [0.29, 0.717) is 25.4 Å². The first-order valence-corrected chi connectivity index (χ1v) is 13.6. The van der Waals surface area contributed by atoms with Crippen molar-refractivity contribution < 1.29 is 9.59 Å². The Labute approximate surface area is 207 Å². The number of aryl methyl sites for hydroxylation is 2. The molecule has 1 N–H and O–H groups in total. The third-order valence-corrected chi connectivity index (χ3v) is 8.28. The molecule has 34 heavy (non-hydrogen) atoms. The van der Waals surface area contributed by atoms with Crippen molar-refractivity contribution in [3.63, 3.8) is 0 Å². The van der Waals surface area contributed by atoms with Crippen LogP contribution in [0.2, 0.25) is 0 Å². The van der Waals surface area contributed by atoms with E-state index in [2.05, 4.69) is 46.4 Å². The van der Waals surface area contributed by atoms with Gasteiger partial charge >= 0.3 is 0 Å². The number of benzene rings is 1. The Bertz CT molecular complexity index is 958. The molecule has 7 heteroatoms. The minimum absolute atomic E-state index is 0.0778. The highest BCUT2D eigenvalue weighted by Gasteiger charge is 2.27. The van der Waals surface area contributed by atoms with Crippen molar-refractivity contribution in [3.8, 4) is 10.6 Å². The van der Waals surface area contributed by atoms with Gasteiger partial charge in [-0.25, -0.2) is 4.98 Å². The minimum Gasteiger partial charge on any atom is -0.356 e. The molecule has 2 aromatic rings. The molecule has 0 radical (unpaired) electrons. The summed E-state index contributed by atoms with van der Waals surface area (Å²) < 4.78 is 0. The van der Waals surface area contributed by atoms with Gasteiger partial charge in [0.1, 0.15) is 9.88 Å². The molecule has 6 nitrogen and oxygen atoms in total. The molecule has 0 bridgehead atoms. The highest BCUT2D eigenvalue weighted by molar-refractivity contribution is 7.17. The van der Waals surface area contributed by atoms with Crippen LogP contribution in [0, 0.1) is 19.8 Å². The van der Waals surface area contributed by atoms with Crippen LogP contribution in [-0.4, -0.2) is 65.9 Å². The maximum absolute atomic E-state index is 13.2. The van der Waals surface area contributed by atoms with Gasteiger partial charge in [-0.1, -0.05) is 36.2 Å². The average molecular weight is 483 g/mol. The minimum atomic E-state index is 0.0778. The molecule has 1 aromatic carbocycles. The summed E-state index contributed by atoms with van der Waals surface area (Å²) in [6, 6.07) is 8.27. The van der Waals surface area contributed by atoms with Gasteiger partial charge in [0.25, 0.3) is 5.91 Å². The van der Waals surface area contributed by atoms with Crippen LogP contribution in [0.5, 0.6) is 0 Å². The van der Waals surface area contributed by atoms with Crippen molar-refractivity contribution in [1.29, 1.82) is 0 Å². The molecule has 2 aliphatic rings. The van der Waals surface area contributed by atoms with E-state index < -0.39 is 0 Å². The van der Waals surface area contributed by atoms with E-state index in [1.165, 1.54) is 49.3 Å². The predicted octanol–water partition coefficient (Wildman–Crippen LogP) is 4.66. The summed E-state index contributed by atoms with van der Waals surface area (Å²) in [6.45, 7) is 9.68. The van der Waals surface area contributed by atoms with Gasteiger partial charge < -0.3 is 15.1 Å². The number of hydrogen-bond donors (Lipinski definition) is 1. The average Bonchev–Trinajstić information content (AvgIpc) is 3.24. The summed E-state index contributed by atoms with van der Waals surface area (Å²) >= 11 is 1.48. The summed E-state index contributed by atoms with van der Waals surface area (Å²) in [7, 11) is 0. The van der Waals surface area contributed by atoms with Crippen LogP contribution in [0.25, 0.3) is 10.6 Å². The Hall–Kier alpha value is -2.25. The number of amides is 2. The first kappa shape index (κ1) is 24.9. The molecule has 0 aliphatic carbocycles. The van der Waals surface area contributed by atoms with Crippen LogP contribution in [0.4, 0.5) is 0 Å². The van der Waals surface area contributed by atoms with Gasteiger partial charge in [0, 0.05) is 31.6 Å². The molecule has 4 rings (SSSR count). The number of nitrogens with one attached hydrogen (secondary N) is 1. The second-order valence-electron chi connectivity index (χ2n) is 9.85. The molecule has 184 valence electrons. The van der Waals surface area contributed by atoms with Crippen molar-refractivity contribution in [1.82, 2.24) is 20.1 Å². The number of nitrogens with zero attached hydrogens (tertiary/aromatic N) is 3. The quantitative estimate of drug-likeness (QED) is 0.556. The normalized spacial score (nSPS) is 17.6. The number of carbonyl (C=O) groups is 2. The number of piperidine rings is 2. The fourth-order valence-electron chi connectivity index (χ4n) is 4.95. The van der Waals surface area contributed by atoms with Crippen LogP contribution in [0.15, 0.2) is 24.3 Å². The van der Waals surface area contributed by atoms with E-state index in [1.54, 1.807) is 0 Å². The Morgan fingerprint density at radius 1 is 1.03 bits per heavy atom. The zero-order valence-electron chi connectivity index (χ0n) is 20.6. The molecule has 3 heterocycles. The van der Waals surface area contributed by atoms with Crippen molar-refractivity contribution in [3.05, 3.63) is 40.4 Å². The summed E-state index contributed by atoms with van der Waals surface area (Å²) in [5.41, 5.74) is 3.07. The van der Waals surface area contributed by atoms with Gasteiger partial charge in [-0.15, -0.1) is 11.3 Å². The van der Waals surface area contributed by atoms with Crippen molar-refractivity contribution in [2.24, 2.45) is 5.92 Å². The fourth-order valence-corrected chi connectivity index (χ4v) is 5.99. The summed E-state index contributed by atoms with van der Waals surface area (Å²) in [5, 5.41) is 4.00. The van der Waals surface area contributed by atoms with Crippen LogP contribution in [0.1, 0.15) is 65.9 Å². The molecule has 2 saturated heterocycles. The number of likely N-dealkylation sites (tertiary alicyclic amines) is 2. The first-order chi connectivity index (χ1) is 16.5. The van der Waals surface area contributed by atoms with E-state index in [1.807, 2.05) is 11.8 Å². The van der Waals surface area contributed by atoms with E-state index >= 15 is 0 Å². The van der Waals surface area contributed by atoms with Gasteiger partial charge in [-0.3, -0.25) is 9.59 Å². The van der Waals surface area contributed by atoms with E-state index in [-0.39, 0.29) is 11.8 Å². The lowest BCUT2D eigenvalue weighted by atomic mass is 9.93. The Morgan fingerprint density at radius 3 is 2.44 bits per heavy atom. The standard InChI is InChI=1S/C27H38N4O2S/c1-20-7-9-23(10-8-20)26-29-21(2)25(34-26)27(33)31-17-11-22(12-18-31)19-24(32)28-13-6-16-30-14-4-3-5-15-30/h7-10,22H,3-6,11-19H2,1-2H3,(H,28,32). The molecule has 0 atom stereocenters. The summed E-state index contributed by atoms with van der Waals surface area (Å²) in [5.74, 6) is 0.593. The summed E-state index contributed by atoms with van der Waals surface area (Å²) in [4.78, 5) is 35.4. The molecule has 2 fully saturated rings. The van der Waals surface area contributed by atoms with Crippen LogP contribution >= 0.6 is 11.3 Å². The highest BCUT2D eigenvalue weighted by atomic mass is 32.1. The fraction of sp³-hybridized carbons (Fsp3) is 0.593. The number of rotatable bonds is 8. The molecule has 0 unspecified atom stereocenters. The number of hydrogen-bond acceptors (Lipinski definition) is 5. The molecular weight excluding hydrogens is 444 g/mol. The molecule has 0 spiro atoms. The topological polar surface area (TPSA) is 65.5 Å². The van der Waals surface area contributed by atoms with Crippen molar-refractivity contribution in [2.45, 2.75) is 58.8 Å². The molecule has 1 aromatic heterocycles. The lowest BCUT2D eigenvalue weighted by Crippen LogP contribution is -2.40. The monoisotopic (exact) mass is 482 g/mol. The molecule has 0 saturated carbocycles. The SMILES string of the molecule is Cc1ccc(-c2nc(C)c(C(=O)N3CCC(CC(=O)NCCCN4CCCCC4)CC3)s2)cc1. The van der Waals surface area contributed by atoms with E-state index in [4.69, 9.17) is 0 Å². The lowest BCUT2D eigenvalue weighted by molar-refractivity contribution is -0.122. The first-order valence-electron chi connectivity index (χ1n) is 12.8. The maximum atomic E-state index is 13.2. The van der Waals surface area contributed by atoms with Crippen LogP contribution in [0.3, 0.4) is 0 Å². The largest absolute Gasteiger partial charge is 0.356 e. The maximum Gasteiger partial charge on any atom is 0.265 e.